The van der Waals surface area contributed by atoms with Gasteiger partial charge in [-0.2, -0.15) is 4.37 Å². The monoisotopic (exact) mass is 420 g/mol. The highest BCUT2D eigenvalue weighted by atomic mass is 32.1. The van der Waals surface area contributed by atoms with Crippen LogP contribution in [-0.2, 0) is 14.3 Å². The minimum absolute atomic E-state index is 0.0131. The molecule has 0 bridgehead atoms. The standard InChI is InChI=1S/C19H21FN4O4S/c20-14-4-1-3-13(11-14)17-18(22-29-21-17)28-12-16(25)23-6-8-24(9-7-23)19(26)15-5-2-10-27-15/h1,3-4,11,15H,2,5-10,12H2. The van der Waals surface area contributed by atoms with Crippen molar-refractivity contribution in [1.82, 2.24) is 18.5 Å². The Morgan fingerprint density at radius 3 is 2.72 bits per heavy atom. The Hall–Kier alpha value is -2.59. The first-order valence-electron chi connectivity index (χ1n) is 9.51. The summed E-state index contributed by atoms with van der Waals surface area (Å²) in [5.74, 6) is -0.347. The molecule has 10 heteroatoms. The maximum Gasteiger partial charge on any atom is 0.260 e. The van der Waals surface area contributed by atoms with Crippen LogP contribution in [0.4, 0.5) is 4.39 Å². The third kappa shape index (κ3) is 4.54. The summed E-state index contributed by atoms with van der Waals surface area (Å²) in [5, 5.41) is 0. The van der Waals surface area contributed by atoms with Crippen LogP contribution >= 0.6 is 11.7 Å². The summed E-state index contributed by atoms with van der Waals surface area (Å²) in [6.45, 7) is 2.32. The molecule has 2 saturated heterocycles. The second-order valence-electron chi connectivity index (χ2n) is 6.92. The van der Waals surface area contributed by atoms with Crippen LogP contribution in [-0.4, -0.2) is 75.9 Å². The molecule has 0 N–H and O–H groups in total. The lowest BCUT2D eigenvalue weighted by Gasteiger charge is -2.35. The van der Waals surface area contributed by atoms with Crippen LogP contribution in [0.15, 0.2) is 24.3 Å². The van der Waals surface area contributed by atoms with E-state index in [1.165, 1.54) is 12.1 Å². The molecule has 4 rings (SSSR count). The van der Waals surface area contributed by atoms with E-state index in [9.17, 15) is 14.0 Å². The van der Waals surface area contributed by atoms with E-state index in [-0.39, 0.29) is 36.2 Å². The molecule has 1 unspecified atom stereocenters. The molecule has 154 valence electrons. The Bertz CT molecular complexity index is 879. The number of nitrogens with zero attached hydrogens (tertiary/aromatic N) is 4. The van der Waals surface area contributed by atoms with Gasteiger partial charge in [-0.1, -0.05) is 12.1 Å². The highest BCUT2D eigenvalue weighted by molar-refractivity contribution is 6.99. The van der Waals surface area contributed by atoms with Crippen molar-refractivity contribution in [3.63, 3.8) is 0 Å². The Labute approximate surface area is 171 Å². The second kappa shape index (κ2) is 8.83. The second-order valence-corrected chi connectivity index (χ2v) is 7.45. The van der Waals surface area contributed by atoms with Gasteiger partial charge in [-0.25, -0.2) is 4.39 Å². The quantitative estimate of drug-likeness (QED) is 0.730. The highest BCUT2D eigenvalue weighted by Crippen LogP contribution is 2.28. The predicted molar refractivity (Wildman–Crippen MR) is 103 cm³/mol. The molecule has 1 aromatic carbocycles. The van der Waals surface area contributed by atoms with Crippen molar-refractivity contribution in [3.05, 3.63) is 30.1 Å². The first kappa shape index (κ1) is 19.7. The van der Waals surface area contributed by atoms with Crippen molar-refractivity contribution in [2.75, 3.05) is 39.4 Å². The van der Waals surface area contributed by atoms with Crippen LogP contribution in [0.5, 0.6) is 5.88 Å². The topological polar surface area (TPSA) is 84.9 Å². The van der Waals surface area contributed by atoms with Crippen molar-refractivity contribution in [1.29, 1.82) is 0 Å². The van der Waals surface area contributed by atoms with E-state index in [4.69, 9.17) is 9.47 Å². The van der Waals surface area contributed by atoms with Crippen LogP contribution in [0.3, 0.4) is 0 Å². The van der Waals surface area contributed by atoms with Crippen molar-refractivity contribution in [2.45, 2.75) is 18.9 Å². The number of carbonyl (C=O) groups excluding carboxylic acids is 2. The molecular formula is C19H21FN4O4S. The number of ether oxygens (including phenoxy) is 2. The Morgan fingerprint density at radius 2 is 2.00 bits per heavy atom. The average Bonchev–Trinajstić information content (AvgIpc) is 3.43. The van der Waals surface area contributed by atoms with Gasteiger partial charge >= 0.3 is 0 Å². The van der Waals surface area contributed by atoms with Crippen LogP contribution in [0, 0.1) is 5.82 Å². The zero-order chi connectivity index (χ0) is 20.2. The van der Waals surface area contributed by atoms with Crippen LogP contribution in [0.25, 0.3) is 11.3 Å². The number of rotatable bonds is 5. The SMILES string of the molecule is O=C(COc1nsnc1-c1cccc(F)c1)N1CCN(C(=O)C2CCCO2)CC1. The van der Waals surface area contributed by atoms with E-state index in [1.54, 1.807) is 21.9 Å². The van der Waals surface area contributed by atoms with Gasteiger partial charge in [-0.3, -0.25) is 9.59 Å². The molecule has 0 aliphatic carbocycles. The van der Waals surface area contributed by atoms with Crippen LogP contribution < -0.4 is 4.74 Å². The Kier molecular flexibility index (Phi) is 6.00. The van der Waals surface area contributed by atoms with Crippen molar-refractivity contribution in [3.8, 4) is 17.1 Å². The van der Waals surface area contributed by atoms with Gasteiger partial charge in [0.1, 0.15) is 17.6 Å². The number of benzene rings is 1. The number of amides is 2. The summed E-state index contributed by atoms with van der Waals surface area (Å²) >= 11 is 0.941. The number of hydrogen-bond donors (Lipinski definition) is 0. The fourth-order valence-corrected chi connectivity index (χ4v) is 3.98. The molecule has 8 nitrogen and oxygen atoms in total. The van der Waals surface area contributed by atoms with Gasteiger partial charge in [-0.05, 0) is 25.0 Å². The van der Waals surface area contributed by atoms with E-state index in [2.05, 4.69) is 8.75 Å². The molecule has 0 spiro atoms. The molecule has 2 amide bonds. The Morgan fingerprint density at radius 1 is 1.21 bits per heavy atom. The predicted octanol–water partition coefficient (Wildman–Crippen LogP) is 1.57. The first-order chi connectivity index (χ1) is 14.1. The molecular weight excluding hydrogens is 399 g/mol. The molecule has 0 radical (unpaired) electrons. The largest absolute Gasteiger partial charge is 0.465 e. The molecule has 0 saturated carbocycles. The molecule has 1 aromatic heterocycles. The zero-order valence-corrected chi connectivity index (χ0v) is 16.6. The van der Waals surface area contributed by atoms with Crippen LogP contribution in [0.2, 0.25) is 0 Å². The molecule has 1 atom stereocenters. The van der Waals surface area contributed by atoms with Gasteiger partial charge in [-0.15, -0.1) is 4.37 Å². The number of hydrogen-bond acceptors (Lipinski definition) is 7. The smallest absolute Gasteiger partial charge is 0.260 e. The number of halogens is 1. The molecule has 2 aromatic rings. The lowest BCUT2D eigenvalue weighted by atomic mass is 10.1. The zero-order valence-electron chi connectivity index (χ0n) is 15.8. The third-order valence-electron chi connectivity index (χ3n) is 5.04. The number of carbonyl (C=O) groups is 2. The van der Waals surface area contributed by atoms with Gasteiger partial charge in [0.15, 0.2) is 6.61 Å². The maximum absolute atomic E-state index is 13.5. The number of aromatic nitrogens is 2. The average molecular weight is 420 g/mol. The summed E-state index contributed by atoms with van der Waals surface area (Å²) in [6, 6.07) is 5.97. The lowest BCUT2D eigenvalue weighted by Crippen LogP contribution is -2.53. The van der Waals surface area contributed by atoms with E-state index < -0.39 is 0 Å². The van der Waals surface area contributed by atoms with Crippen molar-refractivity contribution >= 4 is 23.5 Å². The van der Waals surface area contributed by atoms with E-state index >= 15 is 0 Å². The van der Waals surface area contributed by atoms with Gasteiger partial charge in [0, 0.05) is 38.3 Å². The van der Waals surface area contributed by atoms with Crippen molar-refractivity contribution in [2.24, 2.45) is 0 Å². The van der Waals surface area contributed by atoms with Gasteiger partial charge < -0.3 is 19.3 Å². The van der Waals surface area contributed by atoms with Crippen LogP contribution in [0.1, 0.15) is 12.8 Å². The van der Waals surface area contributed by atoms with E-state index in [0.717, 1.165) is 24.6 Å². The molecule has 2 fully saturated rings. The highest BCUT2D eigenvalue weighted by Gasteiger charge is 2.31. The summed E-state index contributed by atoms with van der Waals surface area (Å²) in [4.78, 5) is 28.3. The lowest BCUT2D eigenvalue weighted by molar-refractivity contribution is -0.146. The molecule has 29 heavy (non-hydrogen) atoms. The summed E-state index contributed by atoms with van der Waals surface area (Å²) in [5.41, 5.74) is 0.955. The molecule has 3 heterocycles. The van der Waals surface area contributed by atoms with Gasteiger partial charge in [0.05, 0.1) is 11.7 Å². The summed E-state index contributed by atoms with van der Waals surface area (Å²) in [7, 11) is 0. The molecule has 2 aliphatic rings. The third-order valence-corrected chi connectivity index (χ3v) is 5.55. The van der Waals surface area contributed by atoms with Gasteiger partial charge in [0.2, 0.25) is 0 Å². The Balaban J connectivity index is 1.29. The molecule has 2 aliphatic heterocycles. The first-order valence-corrected chi connectivity index (χ1v) is 10.2. The summed E-state index contributed by atoms with van der Waals surface area (Å²) < 4.78 is 32.7. The van der Waals surface area contributed by atoms with E-state index in [0.29, 0.717) is 44.0 Å². The van der Waals surface area contributed by atoms with Gasteiger partial charge in [0.25, 0.3) is 17.7 Å². The maximum atomic E-state index is 13.5. The minimum Gasteiger partial charge on any atom is -0.465 e. The van der Waals surface area contributed by atoms with E-state index in [1.807, 2.05) is 0 Å². The van der Waals surface area contributed by atoms with Crippen molar-refractivity contribution < 1.29 is 23.5 Å². The normalized spacial score (nSPS) is 19.4. The minimum atomic E-state index is -0.382. The fourth-order valence-electron chi connectivity index (χ4n) is 3.46. The summed E-state index contributed by atoms with van der Waals surface area (Å²) in [6.07, 6.45) is 1.34. The fraction of sp³-hybridized carbons (Fsp3) is 0.474. The number of piperazine rings is 1.